The molecule has 17 heavy (non-hydrogen) atoms. The van der Waals surface area contributed by atoms with Crippen molar-refractivity contribution in [3.05, 3.63) is 0 Å². The van der Waals surface area contributed by atoms with Gasteiger partial charge in [0, 0.05) is 0 Å². The number of hydrogen-bond donors (Lipinski definition) is 0. The maximum absolute atomic E-state index is 12.8. The van der Waals surface area contributed by atoms with Gasteiger partial charge in [-0.3, -0.25) is 4.11 Å². The van der Waals surface area contributed by atoms with Crippen molar-refractivity contribution in [2.75, 3.05) is 0 Å². The molecule has 0 aliphatic rings. The SMILES string of the molecule is C[Si](F)(C(F)(F)C(F)(F)F)C(F)(F)C(F)(F)F. The Morgan fingerprint density at radius 1 is 0.588 bits per heavy atom. The van der Waals surface area contributed by atoms with Gasteiger partial charge in [0.15, 0.2) is 0 Å². The fourth-order valence-corrected chi connectivity index (χ4v) is 2.19. The van der Waals surface area contributed by atoms with Gasteiger partial charge in [0.25, 0.3) is 0 Å². The van der Waals surface area contributed by atoms with Gasteiger partial charge in [0.1, 0.15) is 0 Å². The summed E-state index contributed by atoms with van der Waals surface area (Å²) in [5, 5.41) is 0. The number of hydrogen-bond acceptors (Lipinski definition) is 0. The van der Waals surface area contributed by atoms with E-state index >= 15 is 0 Å². The first-order valence-electron chi connectivity index (χ1n) is 3.58. The van der Waals surface area contributed by atoms with E-state index in [2.05, 4.69) is 0 Å². The molecular formula is C5H3F11Si. The summed E-state index contributed by atoms with van der Waals surface area (Å²) in [5.74, 6) is 0. The van der Waals surface area contributed by atoms with Crippen LogP contribution in [-0.2, 0) is 0 Å². The van der Waals surface area contributed by atoms with Crippen LogP contribution in [-0.4, -0.2) is 31.9 Å². The van der Waals surface area contributed by atoms with Crippen LogP contribution in [0.2, 0.25) is 6.55 Å². The molecule has 0 nitrogen and oxygen atoms in total. The molecule has 0 aromatic heterocycles. The third-order valence-electron chi connectivity index (χ3n) is 1.89. The van der Waals surface area contributed by atoms with Gasteiger partial charge in [0.05, 0.1) is 0 Å². The summed E-state index contributed by atoms with van der Waals surface area (Å²) in [6.45, 7) is -1.02. The molecule has 12 heteroatoms. The maximum atomic E-state index is 12.8. The second kappa shape index (κ2) is 3.72. The summed E-state index contributed by atoms with van der Waals surface area (Å²) >= 11 is 0. The zero-order valence-corrected chi connectivity index (χ0v) is 8.66. The van der Waals surface area contributed by atoms with E-state index in [0.29, 0.717) is 0 Å². The second-order valence-electron chi connectivity index (χ2n) is 3.15. The highest BCUT2D eigenvalue weighted by atomic mass is 28.4. The third-order valence-corrected chi connectivity index (χ3v) is 4.82. The smallest absolute Gasteiger partial charge is 0.299 e. The zero-order chi connectivity index (χ0) is 14.5. The lowest BCUT2D eigenvalue weighted by Crippen LogP contribution is -2.70. The Hall–Kier alpha value is -0.553. The summed E-state index contributed by atoms with van der Waals surface area (Å²) in [5.41, 5.74) is -13.4. The molecule has 0 spiro atoms. The second-order valence-corrected chi connectivity index (χ2v) is 6.41. The van der Waals surface area contributed by atoms with Crippen LogP contribution in [0.4, 0.5) is 48.0 Å². The van der Waals surface area contributed by atoms with E-state index in [1.807, 2.05) is 0 Å². The van der Waals surface area contributed by atoms with Crippen molar-refractivity contribution in [3.63, 3.8) is 0 Å². The Morgan fingerprint density at radius 2 is 0.765 bits per heavy atom. The molecule has 0 bridgehead atoms. The molecule has 0 aromatic carbocycles. The highest BCUT2D eigenvalue weighted by molar-refractivity contribution is 6.77. The topological polar surface area (TPSA) is 0 Å². The predicted molar refractivity (Wildman–Crippen MR) is 34.7 cm³/mol. The van der Waals surface area contributed by atoms with E-state index in [1.54, 1.807) is 0 Å². The van der Waals surface area contributed by atoms with Crippen LogP contribution < -0.4 is 0 Å². The van der Waals surface area contributed by atoms with Crippen LogP contribution in [0.25, 0.3) is 0 Å². The lowest BCUT2D eigenvalue weighted by molar-refractivity contribution is -0.280. The minimum absolute atomic E-state index is 1.02. The Morgan fingerprint density at radius 3 is 0.882 bits per heavy atom. The van der Waals surface area contributed by atoms with Crippen LogP contribution in [0.1, 0.15) is 0 Å². The van der Waals surface area contributed by atoms with Crippen molar-refractivity contribution in [1.29, 1.82) is 0 Å². The lowest BCUT2D eigenvalue weighted by atomic mass is 10.7. The van der Waals surface area contributed by atoms with E-state index in [1.165, 1.54) is 0 Å². The number of alkyl halides is 10. The molecule has 0 rings (SSSR count). The monoisotopic (exact) mass is 300 g/mol. The van der Waals surface area contributed by atoms with E-state index in [-0.39, 0.29) is 0 Å². The Labute approximate surface area is 87.6 Å². The van der Waals surface area contributed by atoms with Crippen molar-refractivity contribution in [3.8, 4) is 0 Å². The molecule has 0 radical (unpaired) electrons. The highest BCUT2D eigenvalue weighted by Crippen LogP contribution is 2.53. The molecule has 0 amide bonds. The summed E-state index contributed by atoms with van der Waals surface area (Å²) in [4.78, 5) is 0. The van der Waals surface area contributed by atoms with Crippen LogP contribution >= 0.6 is 0 Å². The molecule has 0 aliphatic heterocycles. The Kier molecular flexibility index (Phi) is 3.60. The molecule has 0 N–H and O–H groups in total. The fourth-order valence-electron chi connectivity index (χ4n) is 0.730. The molecule has 0 heterocycles. The van der Waals surface area contributed by atoms with Gasteiger partial charge in [-0.1, -0.05) is 0 Å². The molecule has 0 unspecified atom stereocenters. The zero-order valence-electron chi connectivity index (χ0n) is 7.66. The largest absolute Gasteiger partial charge is 0.452 e. The average molecular weight is 300 g/mol. The first-order chi connectivity index (χ1) is 7.00. The van der Waals surface area contributed by atoms with Gasteiger partial charge in [-0.15, -0.1) is 0 Å². The number of halogens is 11. The Balaban J connectivity index is 5.73. The molecule has 104 valence electrons. The molecule has 0 saturated heterocycles. The van der Waals surface area contributed by atoms with E-state index in [4.69, 9.17) is 0 Å². The third kappa shape index (κ3) is 2.22. The van der Waals surface area contributed by atoms with Gasteiger partial charge in [-0.2, -0.15) is 43.9 Å². The molecule has 0 saturated carbocycles. The van der Waals surface area contributed by atoms with Crippen LogP contribution in [0, 0.1) is 0 Å². The van der Waals surface area contributed by atoms with Crippen LogP contribution in [0.3, 0.4) is 0 Å². The minimum atomic E-state index is -7.85. The van der Waals surface area contributed by atoms with Gasteiger partial charge in [-0.05, 0) is 6.55 Å². The van der Waals surface area contributed by atoms with Crippen LogP contribution in [0.15, 0.2) is 0 Å². The summed E-state index contributed by atoms with van der Waals surface area (Å²) < 4.78 is 132. The molecule has 0 aromatic rings. The standard InChI is InChI=1S/C5H3F11Si/c1-17(16,4(12,13)2(6,7)8)5(14,15)3(9,10)11/h1H3. The quantitative estimate of drug-likeness (QED) is 0.411. The summed E-state index contributed by atoms with van der Waals surface area (Å²) in [7, 11) is -7.85. The number of rotatable bonds is 2. The average Bonchev–Trinajstić information content (AvgIpc) is 1.98. The minimum Gasteiger partial charge on any atom is -0.299 e. The Bertz CT molecular complexity index is 255. The lowest BCUT2D eigenvalue weighted by Gasteiger charge is -2.35. The van der Waals surface area contributed by atoms with Gasteiger partial charge in [0.2, 0.25) is 0 Å². The van der Waals surface area contributed by atoms with Crippen molar-refractivity contribution >= 4 is 8.41 Å². The molecular weight excluding hydrogens is 297 g/mol. The predicted octanol–water partition coefficient (Wildman–Crippen LogP) is 4.00. The molecule has 0 atom stereocenters. The van der Waals surface area contributed by atoms with E-state index < -0.39 is 38.4 Å². The van der Waals surface area contributed by atoms with Gasteiger partial charge in [-0.25, -0.2) is 0 Å². The van der Waals surface area contributed by atoms with Crippen molar-refractivity contribution < 1.29 is 48.0 Å². The van der Waals surface area contributed by atoms with Crippen LogP contribution in [0.5, 0.6) is 0 Å². The van der Waals surface area contributed by atoms with Gasteiger partial charge >= 0.3 is 31.9 Å². The molecule has 0 fully saturated rings. The molecule has 0 aliphatic carbocycles. The van der Waals surface area contributed by atoms with Crippen molar-refractivity contribution in [1.82, 2.24) is 0 Å². The normalized spacial score (nSPS) is 16.2. The highest BCUT2D eigenvalue weighted by Gasteiger charge is 2.86. The van der Waals surface area contributed by atoms with Crippen molar-refractivity contribution in [2.45, 2.75) is 30.0 Å². The maximum Gasteiger partial charge on any atom is 0.452 e. The summed E-state index contributed by atoms with van der Waals surface area (Å²) in [6, 6.07) is 0. The summed E-state index contributed by atoms with van der Waals surface area (Å²) in [6.07, 6.45) is -13.6. The first-order valence-corrected chi connectivity index (χ1v) is 5.96. The van der Waals surface area contributed by atoms with Crippen molar-refractivity contribution in [2.24, 2.45) is 0 Å². The van der Waals surface area contributed by atoms with E-state index in [0.717, 1.165) is 0 Å². The fraction of sp³-hybridized carbons (Fsp3) is 1.00. The van der Waals surface area contributed by atoms with Gasteiger partial charge < -0.3 is 0 Å². The van der Waals surface area contributed by atoms with E-state index in [9.17, 15) is 48.0 Å². The first kappa shape index (κ1) is 16.4.